The van der Waals surface area contributed by atoms with Crippen molar-refractivity contribution < 1.29 is 22.7 Å². The summed E-state index contributed by atoms with van der Waals surface area (Å²) in [6, 6.07) is 5.40. The lowest BCUT2D eigenvalue weighted by Gasteiger charge is -2.13. The Bertz CT molecular complexity index is 775. The van der Waals surface area contributed by atoms with Gasteiger partial charge < -0.3 is 9.72 Å². The van der Waals surface area contributed by atoms with Crippen LogP contribution in [0.15, 0.2) is 23.2 Å². The van der Waals surface area contributed by atoms with Crippen molar-refractivity contribution >= 4 is 22.4 Å². The quantitative estimate of drug-likeness (QED) is 0.947. The van der Waals surface area contributed by atoms with E-state index in [1.165, 1.54) is 0 Å². The van der Waals surface area contributed by atoms with E-state index in [1.54, 1.807) is 19.2 Å². The average Bonchev–Trinajstić information content (AvgIpc) is 2.85. The lowest BCUT2D eigenvalue weighted by atomic mass is 9.99. The minimum atomic E-state index is -4.84. The van der Waals surface area contributed by atoms with Gasteiger partial charge in [0.2, 0.25) is 5.78 Å². The van der Waals surface area contributed by atoms with E-state index in [0.29, 0.717) is 24.4 Å². The van der Waals surface area contributed by atoms with Gasteiger partial charge in [-0.1, -0.05) is 0 Å². The Hall–Kier alpha value is -2.31. The number of nitrogens with zero attached hydrogens (tertiary/aromatic N) is 1. The molecule has 7 heteroatoms. The molecule has 3 rings (SSSR count). The van der Waals surface area contributed by atoms with Gasteiger partial charge in [0.05, 0.1) is 24.9 Å². The maximum absolute atomic E-state index is 12.5. The number of Topliss-reactive ketones (excluding diaryl/α,β-unsaturated/α-hetero) is 1. The molecule has 0 saturated carbocycles. The lowest BCUT2D eigenvalue weighted by molar-refractivity contribution is -0.169. The summed E-state index contributed by atoms with van der Waals surface area (Å²) in [5, 5.41) is 0.890. The molecule has 0 saturated heterocycles. The predicted molar refractivity (Wildman–Crippen MR) is 75.6 cm³/mol. The Balaban J connectivity index is 2.02. The van der Waals surface area contributed by atoms with Crippen LogP contribution in [0.1, 0.15) is 17.7 Å². The molecule has 0 amide bonds. The molecule has 116 valence electrons. The zero-order chi connectivity index (χ0) is 15.9. The number of fused-ring (bicyclic) bond motifs is 3. The fourth-order valence-electron chi connectivity index (χ4n) is 2.64. The minimum absolute atomic E-state index is 0.166. The van der Waals surface area contributed by atoms with Gasteiger partial charge in [0.1, 0.15) is 5.75 Å². The van der Waals surface area contributed by atoms with E-state index in [9.17, 15) is 18.0 Å². The lowest BCUT2D eigenvalue weighted by Crippen LogP contribution is -2.27. The van der Waals surface area contributed by atoms with Gasteiger partial charge in [-0.05, 0) is 30.2 Å². The SMILES string of the molecule is COc1ccc2[nH]c3c(c2c1)CCN=C3CC(=O)C(F)(F)F. The summed E-state index contributed by atoms with van der Waals surface area (Å²) in [7, 11) is 1.55. The molecule has 1 aliphatic rings. The van der Waals surface area contributed by atoms with Crippen molar-refractivity contribution in [3.8, 4) is 5.75 Å². The van der Waals surface area contributed by atoms with Gasteiger partial charge >= 0.3 is 6.18 Å². The first kappa shape index (κ1) is 14.6. The Morgan fingerprint density at radius 2 is 2.18 bits per heavy atom. The van der Waals surface area contributed by atoms with E-state index in [1.807, 2.05) is 6.07 Å². The second kappa shape index (κ2) is 5.15. The number of alkyl halides is 3. The monoisotopic (exact) mass is 310 g/mol. The summed E-state index contributed by atoms with van der Waals surface area (Å²) >= 11 is 0. The molecule has 0 radical (unpaired) electrons. The number of carbonyl (C=O) groups is 1. The maximum atomic E-state index is 12.5. The van der Waals surface area contributed by atoms with Crippen molar-refractivity contribution in [2.45, 2.75) is 19.0 Å². The molecule has 1 N–H and O–H groups in total. The van der Waals surface area contributed by atoms with Gasteiger partial charge in [-0.2, -0.15) is 13.2 Å². The highest BCUT2D eigenvalue weighted by Crippen LogP contribution is 2.30. The fourth-order valence-corrected chi connectivity index (χ4v) is 2.64. The van der Waals surface area contributed by atoms with Crippen molar-refractivity contribution in [1.82, 2.24) is 4.98 Å². The van der Waals surface area contributed by atoms with Gasteiger partial charge in [-0.15, -0.1) is 0 Å². The smallest absolute Gasteiger partial charge is 0.450 e. The van der Waals surface area contributed by atoms with E-state index >= 15 is 0 Å². The largest absolute Gasteiger partial charge is 0.497 e. The number of H-pyrrole nitrogens is 1. The highest BCUT2D eigenvalue weighted by Gasteiger charge is 2.39. The zero-order valence-electron chi connectivity index (χ0n) is 11.8. The molecule has 1 aliphatic heterocycles. The van der Waals surface area contributed by atoms with Crippen LogP contribution >= 0.6 is 0 Å². The molecular weight excluding hydrogens is 297 g/mol. The van der Waals surface area contributed by atoms with Crippen LogP contribution in [0.4, 0.5) is 13.2 Å². The van der Waals surface area contributed by atoms with Gasteiger partial charge in [0.15, 0.2) is 0 Å². The second-order valence-electron chi connectivity index (χ2n) is 5.07. The van der Waals surface area contributed by atoms with Crippen molar-refractivity contribution in [1.29, 1.82) is 0 Å². The van der Waals surface area contributed by atoms with E-state index in [4.69, 9.17) is 4.74 Å². The molecule has 2 heterocycles. The molecule has 0 aliphatic carbocycles. The third-order valence-electron chi connectivity index (χ3n) is 3.71. The topological polar surface area (TPSA) is 54.4 Å². The van der Waals surface area contributed by atoms with Crippen molar-refractivity contribution in [2.24, 2.45) is 4.99 Å². The van der Waals surface area contributed by atoms with Gasteiger partial charge in [-0.3, -0.25) is 9.79 Å². The molecule has 1 aromatic carbocycles. The molecule has 2 aromatic rings. The standard InChI is InChI=1S/C15H13F3N2O2/c1-22-8-2-3-11-10(6-8)9-4-5-19-12(14(9)20-11)7-13(21)15(16,17)18/h2-3,6,20H,4-5,7H2,1H3. The summed E-state index contributed by atoms with van der Waals surface area (Å²) in [6.45, 7) is 0.373. The van der Waals surface area contributed by atoms with Crippen molar-refractivity contribution in [2.75, 3.05) is 13.7 Å². The van der Waals surface area contributed by atoms with Crippen LogP contribution in [0.25, 0.3) is 10.9 Å². The number of rotatable bonds is 3. The van der Waals surface area contributed by atoms with E-state index in [0.717, 1.165) is 16.5 Å². The van der Waals surface area contributed by atoms with E-state index in [2.05, 4.69) is 9.98 Å². The third kappa shape index (κ3) is 2.47. The molecule has 0 unspecified atom stereocenters. The number of aromatic amines is 1. The number of hydrogen-bond acceptors (Lipinski definition) is 3. The van der Waals surface area contributed by atoms with Crippen molar-refractivity contribution in [3.05, 3.63) is 29.5 Å². The van der Waals surface area contributed by atoms with Crippen LogP contribution < -0.4 is 4.74 Å². The van der Waals surface area contributed by atoms with Crippen molar-refractivity contribution in [3.63, 3.8) is 0 Å². The van der Waals surface area contributed by atoms with E-state index in [-0.39, 0.29) is 5.71 Å². The fraction of sp³-hybridized carbons (Fsp3) is 0.333. The summed E-state index contributed by atoms with van der Waals surface area (Å²) in [4.78, 5) is 18.4. The van der Waals surface area contributed by atoms with Crippen LogP contribution in [0, 0.1) is 0 Å². The van der Waals surface area contributed by atoms with Crippen LogP contribution in [-0.4, -0.2) is 36.3 Å². The van der Waals surface area contributed by atoms with Gasteiger partial charge in [-0.25, -0.2) is 0 Å². The van der Waals surface area contributed by atoms with Gasteiger partial charge in [0, 0.05) is 17.4 Å². The van der Waals surface area contributed by atoms with Gasteiger partial charge in [0.25, 0.3) is 0 Å². The Morgan fingerprint density at radius 3 is 2.86 bits per heavy atom. The average molecular weight is 310 g/mol. The highest BCUT2D eigenvalue weighted by molar-refractivity contribution is 6.14. The van der Waals surface area contributed by atoms with Crippen LogP contribution in [0.2, 0.25) is 0 Å². The molecule has 0 bridgehead atoms. The number of halogens is 3. The van der Waals surface area contributed by atoms with Crippen LogP contribution in [0.5, 0.6) is 5.75 Å². The zero-order valence-corrected chi connectivity index (χ0v) is 11.8. The maximum Gasteiger partial charge on any atom is 0.450 e. The first-order chi connectivity index (χ1) is 10.4. The first-order valence-corrected chi connectivity index (χ1v) is 6.72. The number of aliphatic imine (C=N–C) groups is 1. The summed E-state index contributed by atoms with van der Waals surface area (Å²) in [6.07, 6.45) is -4.96. The molecule has 4 nitrogen and oxygen atoms in total. The number of benzene rings is 1. The molecule has 0 atom stereocenters. The number of ether oxygens (including phenoxy) is 1. The number of methoxy groups -OCH3 is 1. The number of aromatic nitrogens is 1. The summed E-state index contributed by atoms with van der Waals surface area (Å²) in [5.41, 5.74) is 2.36. The summed E-state index contributed by atoms with van der Waals surface area (Å²) in [5.74, 6) is -1.11. The number of carbonyl (C=O) groups excluding carboxylic acids is 1. The number of nitrogens with one attached hydrogen (secondary N) is 1. The number of ketones is 1. The normalized spacial score (nSPS) is 14.6. The second-order valence-corrected chi connectivity index (χ2v) is 5.07. The van der Waals surface area contributed by atoms with Crippen LogP contribution in [0.3, 0.4) is 0 Å². The summed E-state index contributed by atoms with van der Waals surface area (Å²) < 4.78 is 42.5. The minimum Gasteiger partial charge on any atom is -0.497 e. The molecule has 22 heavy (non-hydrogen) atoms. The Morgan fingerprint density at radius 1 is 1.41 bits per heavy atom. The van der Waals surface area contributed by atoms with E-state index < -0.39 is 18.4 Å². The molecule has 1 aromatic heterocycles. The predicted octanol–water partition coefficient (Wildman–Crippen LogP) is 3.04. The molecule has 0 fully saturated rings. The molecule has 0 spiro atoms. The first-order valence-electron chi connectivity index (χ1n) is 6.72. The Labute approximate surface area is 124 Å². The number of hydrogen-bond donors (Lipinski definition) is 1. The van der Waals surface area contributed by atoms with Crippen LogP contribution in [-0.2, 0) is 11.2 Å². The third-order valence-corrected chi connectivity index (χ3v) is 3.71. The Kier molecular flexibility index (Phi) is 3.42. The molecular formula is C15H13F3N2O2. The highest BCUT2D eigenvalue weighted by atomic mass is 19.4.